The maximum atomic E-state index is 13.4. The number of benzene rings is 3. The van der Waals surface area contributed by atoms with E-state index in [0.29, 0.717) is 0 Å². The number of amides is 2. The smallest absolute Gasteiger partial charge is 0.241 e. The van der Waals surface area contributed by atoms with Gasteiger partial charge in [-0.2, -0.15) is 0 Å². The first-order chi connectivity index (χ1) is 15.4. The summed E-state index contributed by atoms with van der Waals surface area (Å²) < 4.78 is 26.4. The quantitative estimate of drug-likeness (QED) is 0.577. The van der Waals surface area contributed by atoms with Crippen LogP contribution in [0.25, 0.3) is 0 Å². The van der Waals surface area contributed by atoms with Crippen molar-refractivity contribution in [3.05, 3.63) is 95.6 Å². The molecular formula is C25H22F2N2O2S. The van der Waals surface area contributed by atoms with Gasteiger partial charge in [0.05, 0.1) is 18.2 Å². The Hall–Kier alpha value is -3.19. The van der Waals surface area contributed by atoms with Crippen molar-refractivity contribution >= 4 is 29.3 Å². The summed E-state index contributed by atoms with van der Waals surface area (Å²) in [7, 11) is 0. The average Bonchev–Trinajstić information content (AvgIpc) is 2.81. The molecule has 0 aromatic heterocycles. The van der Waals surface area contributed by atoms with Gasteiger partial charge in [-0.1, -0.05) is 43.3 Å². The Morgan fingerprint density at radius 1 is 0.969 bits per heavy atom. The number of carbonyl (C=O) groups excluding carboxylic acids is 2. The molecule has 7 heteroatoms. The summed E-state index contributed by atoms with van der Waals surface area (Å²) in [6.45, 7) is 2.28. The van der Waals surface area contributed by atoms with Crippen molar-refractivity contribution in [2.45, 2.75) is 30.2 Å². The fraction of sp³-hybridized carbons (Fsp3) is 0.200. The highest BCUT2D eigenvalue weighted by Crippen LogP contribution is 2.42. The van der Waals surface area contributed by atoms with Gasteiger partial charge in [-0.25, -0.2) is 8.78 Å². The molecule has 2 atom stereocenters. The largest absolute Gasteiger partial charge is 0.352 e. The van der Waals surface area contributed by atoms with Gasteiger partial charge in [-0.3, -0.25) is 9.59 Å². The van der Waals surface area contributed by atoms with Crippen molar-refractivity contribution in [2.75, 3.05) is 4.90 Å². The molecule has 0 bridgehead atoms. The molecule has 3 aromatic rings. The summed E-state index contributed by atoms with van der Waals surface area (Å²) in [4.78, 5) is 28.8. The summed E-state index contributed by atoms with van der Waals surface area (Å²) in [5, 5.41) is 2.25. The lowest BCUT2D eigenvalue weighted by Gasteiger charge is -2.35. The summed E-state index contributed by atoms with van der Waals surface area (Å²) in [5.74, 6) is -1.67. The number of hydrogen-bond acceptors (Lipinski definition) is 3. The Morgan fingerprint density at radius 2 is 1.56 bits per heavy atom. The summed E-state index contributed by atoms with van der Waals surface area (Å²) >= 11 is 1.38. The average molecular weight is 453 g/mol. The molecule has 4 rings (SSSR count). The van der Waals surface area contributed by atoms with E-state index < -0.39 is 11.2 Å². The Kier molecular flexibility index (Phi) is 6.55. The fourth-order valence-electron chi connectivity index (χ4n) is 3.58. The van der Waals surface area contributed by atoms with Crippen LogP contribution < -0.4 is 10.2 Å². The van der Waals surface area contributed by atoms with Crippen LogP contribution in [0, 0.1) is 17.6 Å². The second-order valence-electron chi connectivity index (χ2n) is 7.69. The van der Waals surface area contributed by atoms with E-state index in [-0.39, 0.29) is 36.5 Å². The van der Waals surface area contributed by atoms with Crippen LogP contribution >= 0.6 is 11.8 Å². The van der Waals surface area contributed by atoms with Crippen LogP contribution in [0.2, 0.25) is 0 Å². The monoisotopic (exact) mass is 452 g/mol. The molecule has 1 heterocycles. The number of nitrogens with zero attached hydrogens (tertiary/aromatic N) is 1. The van der Waals surface area contributed by atoms with Crippen LogP contribution in [0.3, 0.4) is 0 Å². The van der Waals surface area contributed by atoms with Gasteiger partial charge < -0.3 is 10.2 Å². The molecule has 2 amide bonds. The summed E-state index contributed by atoms with van der Waals surface area (Å²) in [6, 6.07) is 19.5. The van der Waals surface area contributed by atoms with Crippen molar-refractivity contribution < 1.29 is 18.4 Å². The molecule has 32 heavy (non-hydrogen) atoms. The molecular weight excluding hydrogens is 430 g/mol. The first-order valence-corrected chi connectivity index (χ1v) is 11.1. The van der Waals surface area contributed by atoms with Crippen LogP contribution in [0.5, 0.6) is 0 Å². The molecule has 0 saturated carbocycles. The minimum Gasteiger partial charge on any atom is -0.352 e. The second-order valence-corrected chi connectivity index (χ2v) is 8.87. The molecule has 0 radical (unpaired) electrons. The highest BCUT2D eigenvalue weighted by Gasteiger charge is 2.39. The molecule has 0 aliphatic carbocycles. The Morgan fingerprint density at radius 3 is 2.22 bits per heavy atom. The number of rotatable bonds is 6. The van der Waals surface area contributed by atoms with Gasteiger partial charge in [0.2, 0.25) is 11.8 Å². The number of fused-ring (bicyclic) bond motifs is 1. The van der Waals surface area contributed by atoms with Crippen LogP contribution in [0.15, 0.2) is 77.7 Å². The van der Waals surface area contributed by atoms with Gasteiger partial charge in [0.25, 0.3) is 0 Å². The van der Waals surface area contributed by atoms with E-state index in [4.69, 9.17) is 0 Å². The summed E-state index contributed by atoms with van der Waals surface area (Å²) in [5.41, 5.74) is 2.36. The maximum absolute atomic E-state index is 13.4. The topological polar surface area (TPSA) is 49.4 Å². The van der Waals surface area contributed by atoms with Crippen molar-refractivity contribution in [1.29, 1.82) is 0 Å². The van der Waals surface area contributed by atoms with Gasteiger partial charge in [-0.15, -0.1) is 11.8 Å². The van der Waals surface area contributed by atoms with Crippen LogP contribution in [-0.4, -0.2) is 17.1 Å². The molecule has 1 aliphatic rings. The third kappa shape index (κ3) is 4.83. The molecule has 4 nitrogen and oxygen atoms in total. The number of anilines is 1. The van der Waals surface area contributed by atoms with E-state index in [1.165, 1.54) is 36.0 Å². The first-order valence-electron chi connectivity index (χ1n) is 10.3. The zero-order valence-electron chi connectivity index (χ0n) is 17.4. The van der Waals surface area contributed by atoms with Crippen molar-refractivity contribution in [3.63, 3.8) is 0 Å². The molecule has 2 unspecified atom stereocenters. The summed E-state index contributed by atoms with van der Waals surface area (Å²) in [6.07, 6.45) is 0. The zero-order valence-corrected chi connectivity index (χ0v) is 18.2. The molecule has 1 aliphatic heterocycles. The number of nitrogens with one attached hydrogen (secondary N) is 1. The number of para-hydroxylation sites is 1. The molecule has 164 valence electrons. The van der Waals surface area contributed by atoms with Gasteiger partial charge in [0, 0.05) is 11.4 Å². The number of hydrogen-bond donors (Lipinski definition) is 1. The number of thioether (sulfide) groups is 1. The first kappa shape index (κ1) is 22.0. The van der Waals surface area contributed by atoms with E-state index in [1.54, 1.807) is 36.1 Å². The van der Waals surface area contributed by atoms with E-state index in [2.05, 4.69) is 5.32 Å². The number of halogens is 2. The lowest BCUT2D eigenvalue weighted by atomic mass is 10.0. The lowest BCUT2D eigenvalue weighted by Crippen LogP contribution is -2.47. The maximum Gasteiger partial charge on any atom is 0.241 e. The van der Waals surface area contributed by atoms with E-state index in [9.17, 15) is 18.4 Å². The predicted molar refractivity (Wildman–Crippen MR) is 121 cm³/mol. The molecule has 0 spiro atoms. The Bertz CT molecular complexity index is 1120. The van der Waals surface area contributed by atoms with Crippen molar-refractivity contribution in [2.24, 2.45) is 5.92 Å². The van der Waals surface area contributed by atoms with E-state index in [0.717, 1.165) is 21.7 Å². The molecule has 0 fully saturated rings. The van der Waals surface area contributed by atoms with Gasteiger partial charge in [0.1, 0.15) is 16.9 Å². The Labute approximate surface area is 189 Å². The second kappa shape index (κ2) is 9.53. The number of carbonyl (C=O) groups is 2. The van der Waals surface area contributed by atoms with Crippen molar-refractivity contribution in [3.8, 4) is 0 Å². The molecule has 0 saturated heterocycles. The highest BCUT2D eigenvalue weighted by molar-refractivity contribution is 8.01. The normalized spacial score (nSPS) is 16.4. The van der Waals surface area contributed by atoms with Crippen LogP contribution in [-0.2, 0) is 22.7 Å². The third-order valence-corrected chi connectivity index (χ3v) is 6.88. The van der Waals surface area contributed by atoms with Gasteiger partial charge >= 0.3 is 0 Å². The van der Waals surface area contributed by atoms with Gasteiger partial charge in [0.15, 0.2) is 0 Å². The van der Waals surface area contributed by atoms with E-state index >= 15 is 0 Å². The Balaban J connectivity index is 1.51. The molecule has 3 aromatic carbocycles. The predicted octanol–water partition coefficient (Wildman–Crippen LogP) is 4.92. The molecule has 1 N–H and O–H groups in total. The fourth-order valence-corrected chi connectivity index (χ4v) is 4.87. The standard InChI is InChI=1S/C25H22F2N2O2S/c1-16(24(30)28-14-17-6-10-19(26)11-7-17)23-25(31)29(15-18-8-12-20(27)13-9-18)21-4-2-3-5-22(21)32-23/h2-13,16,23H,14-15H2,1H3,(H,28,30). The lowest BCUT2D eigenvalue weighted by molar-refractivity contribution is -0.128. The van der Waals surface area contributed by atoms with Crippen molar-refractivity contribution in [1.82, 2.24) is 5.32 Å². The zero-order chi connectivity index (χ0) is 22.7. The third-order valence-electron chi connectivity index (χ3n) is 5.42. The minimum atomic E-state index is -0.599. The highest BCUT2D eigenvalue weighted by atomic mass is 32.2. The van der Waals surface area contributed by atoms with Crippen LogP contribution in [0.4, 0.5) is 14.5 Å². The van der Waals surface area contributed by atoms with Gasteiger partial charge in [-0.05, 0) is 47.5 Å². The SMILES string of the molecule is CC(C(=O)NCc1ccc(F)cc1)C1Sc2ccccc2N(Cc2ccc(F)cc2)C1=O. The minimum absolute atomic E-state index is 0.164. The van der Waals surface area contributed by atoms with E-state index in [1.807, 2.05) is 24.3 Å². The van der Waals surface area contributed by atoms with Crippen LogP contribution in [0.1, 0.15) is 18.1 Å².